The first-order valence-electron chi connectivity index (χ1n) is 4.30. The quantitative estimate of drug-likeness (QED) is 0.648. The van der Waals surface area contributed by atoms with Crippen molar-refractivity contribution >= 4 is 34.1 Å². The summed E-state index contributed by atoms with van der Waals surface area (Å²) in [4.78, 5) is 4.12. The van der Waals surface area contributed by atoms with Gasteiger partial charge in [0.15, 0.2) is 0 Å². The third-order valence-corrected chi connectivity index (χ3v) is 3.13. The Bertz CT molecular complexity index is 616. The molecule has 0 aliphatic rings. The van der Waals surface area contributed by atoms with Crippen LogP contribution in [0.15, 0.2) is 34.9 Å². The molecule has 74 valence electrons. The maximum Gasteiger partial charge on any atom is 0.234 e. The summed E-state index contributed by atoms with van der Waals surface area (Å²) in [6.07, 6.45) is 1.68. The SMILES string of the molecule is Clc1nsc(-c2coc3ccccc23)n1. The molecule has 2 heterocycles. The number of rotatable bonds is 1. The Labute approximate surface area is 94.5 Å². The minimum atomic E-state index is 0.278. The Balaban J connectivity index is 2.27. The Morgan fingerprint density at radius 2 is 2.13 bits per heavy atom. The molecule has 0 aliphatic heterocycles. The maximum atomic E-state index is 5.69. The van der Waals surface area contributed by atoms with Crippen molar-refractivity contribution in [3.63, 3.8) is 0 Å². The second-order valence-corrected chi connectivity index (χ2v) is 4.10. The Morgan fingerprint density at radius 3 is 2.93 bits per heavy atom. The van der Waals surface area contributed by atoms with Crippen LogP contribution in [0.4, 0.5) is 0 Å². The summed E-state index contributed by atoms with van der Waals surface area (Å²) in [5.41, 5.74) is 1.79. The largest absolute Gasteiger partial charge is 0.464 e. The van der Waals surface area contributed by atoms with Crippen LogP contribution in [0.1, 0.15) is 0 Å². The molecule has 0 N–H and O–H groups in total. The molecule has 3 aromatic rings. The van der Waals surface area contributed by atoms with Crippen LogP contribution in [0.3, 0.4) is 0 Å². The van der Waals surface area contributed by atoms with Gasteiger partial charge in [0.2, 0.25) is 5.28 Å². The van der Waals surface area contributed by atoms with Crippen LogP contribution in [0.2, 0.25) is 5.28 Å². The van der Waals surface area contributed by atoms with Gasteiger partial charge in [-0.15, -0.1) is 0 Å². The molecule has 0 atom stereocenters. The molecule has 0 radical (unpaired) electrons. The number of nitrogens with zero attached hydrogens (tertiary/aromatic N) is 2. The van der Waals surface area contributed by atoms with Gasteiger partial charge in [0, 0.05) is 5.39 Å². The fourth-order valence-corrected chi connectivity index (χ4v) is 2.28. The molecule has 3 rings (SSSR count). The summed E-state index contributed by atoms with van der Waals surface area (Å²) in [6.45, 7) is 0. The molecule has 0 spiro atoms. The van der Waals surface area contributed by atoms with Gasteiger partial charge in [-0.2, -0.15) is 4.37 Å². The van der Waals surface area contributed by atoms with E-state index in [0.717, 1.165) is 21.5 Å². The number of halogens is 1. The number of benzene rings is 1. The molecule has 2 aromatic heterocycles. The van der Waals surface area contributed by atoms with Gasteiger partial charge in [-0.3, -0.25) is 0 Å². The summed E-state index contributed by atoms with van der Waals surface area (Å²) in [6, 6.07) is 7.80. The van der Waals surface area contributed by atoms with E-state index in [1.807, 2.05) is 24.3 Å². The molecule has 5 heteroatoms. The highest BCUT2D eigenvalue weighted by molar-refractivity contribution is 7.09. The lowest BCUT2D eigenvalue weighted by Gasteiger charge is -1.89. The summed E-state index contributed by atoms with van der Waals surface area (Å²) in [7, 11) is 0. The van der Waals surface area contributed by atoms with Crippen LogP contribution in [0.25, 0.3) is 21.5 Å². The van der Waals surface area contributed by atoms with E-state index in [1.165, 1.54) is 11.5 Å². The fraction of sp³-hybridized carbons (Fsp3) is 0. The first-order valence-corrected chi connectivity index (χ1v) is 5.45. The van der Waals surface area contributed by atoms with Gasteiger partial charge < -0.3 is 4.42 Å². The van der Waals surface area contributed by atoms with Crippen LogP contribution in [0.5, 0.6) is 0 Å². The smallest absolute Gasteiger partial charge is 0.234 e. The van der Waals surface area contributed by atoms with Gasteiger partial charge in [0.05, 0.1) is 5.56 Å². The summed E-state index contributed by atoms with van der Waals surface area (Å²) < 4.78 is 9.34. The molecule has 15 heavy (non-hydrogen) atoms. The van der Waals surface area contributed by atoms with E-state index < -0.39 is 0 Å². The molecule has 0 saturated heterocycles. The van der Waals surface area contributed by atoms with E-state index in [2.05, 4.69) is 9.36 Å². The first-order chi connectivity index (χ1) is 7.34. The lowest BCUT2D eigenvalue weighted by molar-refractivity contribution is 0.617. The normalized spacial score (nSPS) is 11.0. The zero-order valence-electron chi connectivity index (χ0n) is 7.48. The lowest BCUT2D eigenvalue weighted by Crippen LogP contribution is -1.72. The van der Waals surface area contributed by atoms with E-state index >= 15 is 0 Å². The molecule has 0 fully saturated rings. The second kappa shape index (κ2) is 3.32. The molecule has 0 amide bonds. The molecule has 0 bridgehead atoms. The molecule has 0 saturated carbocycles. The number of para-hydroxylation sites is 1. The number of hydrogen-bond acceptors (Lipinski definition) is 4. The first kappa shape index (κ1) is 8.88. The van der Waals surface area contributed by atoms with Crippen molar-refractivity contribution < 1.29 is 4.42 Å². The fourth-order valence-electron chi connectivity index (χ4n) is 1.46. The van der Waals surface area contributed by atoms with Gasteiger partial charge in [0.25, 0.3) is 0 Å². The van der Waals surface area contributed by atoms with Crippen molar-refractivity contribution in [3.8, 4) is 10.6 Å². The van der Waals surface area contributed by atoms with E-state index in [1.54, 1.807) is 6.26 Å². The zero-order valence-corrected chi connectivity index (χ0v) is 9.05. The molecular weight excluding hydrogens is 232 g/mol. The van der Waals surface area contributed by atoms with E-state index in [4.69, 9.17) is 16.0 Å². The molecule has 0 aliphatic carbocycles. The average Bonchev–Trinajstić information content (AvgIpc) is 2.83. The highest BCUT2D eigenvalue weighted by Gasteiger charge is 2.11. The summed E-state index contributed by atoms with van der Waals surface area (Å²) >= 11 is 6.96. The predicted octanol–water partition coefficient (Wildman–Crippen LogP) is 3.60. The van der Waals surface area contributed by atoms with E-state index in [0.29, 0.717) is 0 Å². The Kier molecular flexibility index (Phi) is 1.97. The van der Waals surface area contributed by atoms with Gasteiger partial charge >= 0.3 is 0 Å². The highest BCUT2D eigenvalue weighted by atomic mass is 35.5. The van der Waals surface area contributed by atoms with Crippen LogP contribution >= 0.6 is 23.1 Å². The van der Waals surface area contributed by atoms with Crippen molar-refractivity contribution in [2.75, 3.05) is 0 Å². The van der Waals surface area contributed by atoms with Gasteiger partial charge in [-0.25, -0.2) is 4.98 Å². The summed E-state index contributed by atoms with van der Waals surface area (Å²) in [5.74, 6) is 0. The van der Waals surface area contributed by atoms with Crippen molar-refractivity contribution in [3.05, 3.63) is 35.8 Å². The second-order valence-electron chi connectivity index (χ2n) is 3.01. The van der Waals surface area contributed by atoms with Crippen LogP contribution in [-0.4, -0.2) is 9.36 Å². The standard InChI is InChI=1S/C10H5ClN2OS/c11-10-12-9(15-13-10)7-5-14-8-4-2-1-3-6(7)8/h1-5H. The predicted molar refractivity (Wildman–Crippen MR) is 60.1 cm³/mol. The van der Waals surface area contributed by atoms with E-state index in [9.17, 15) is 0 Å². The van der Waals surface area contributed by atoms with Crippen molar-refractivity contribution in [2.24, 2.45) is 0 Å². The molecule has 3 nitrogen and oxygen atoms in total. The number of aromatic nitrogens is 2. The van der Waals surface area contributed by atoms with Crippen LogP contribution in [-0.2, 0) is 0 Å². The summed E-state index contributed by atoms with van der Waals surface area (Å²) in [5, 5.41) is 2.09. The topological polar surface area (TPSA) is 38.9 Å². The number of hydrogen-bond donors (Lipinski definition) is 0. The number of furan rings is 1. The highest BCUT2D eigenvalue weighted by Crippen LogP contribution is 2.31. The number of fused-ring (bicyclic) bond motifs is 1. The van der Waals surface area contributed by atoms with E-state index in [-0.39, 0.29) is 5.28 Å². The van der Waals surface area contributed by atoms with Gasteiger partial charge in [0.1, 0.15) is 16.9 Å². The van der Waals surface area contributed by atoms with Gasteiger partial charge in [-0.05, 0) is 29.2 Å². The maximum absolute atomic E-state index is 5.69. The van der Waals surface area contributed by atoms with Crippen molar-refractivity contribution in [2.45, 2.75) is 0 Å². The average molecular weight is 237 g/mol. The zero-order chi connectivity index (χ0) is 10.3. The molecular formula is C10H5ClN2OS. The van der Waals surface area contributed by atoms with Crippen LogP contribution < -0.4 is 0 Å². The van der Waals surface area contributed by atoms with Crippen molar-refractivity contribution in [1.29, 1.82) is 0 Å². The molecule has 0 unspecified atom stereocenters. The van der Waals surface area contributed by atoms with Gasteiger partial charge in [-0.1, -0.05) is 18.2 Å². The minimum absolute atomic E-state index is 0.278. The monoisotopic (exact) mass is 236 g/mol. The molecule has 1 aromatic carbocycles. The third-order valence-electron chi connectivity index (χ3n) is 2.11. The lowest BCUT2D eigenvalue weighted by atomic mass is 10.2. The van der Waals surface area contributed by atoms with Crippen LogP contribution in [0, 0.1) is 0 Å². The minimum Gasteiger partial charge on any atom is -0.464 e. The Hall–Kier alpha value is -1.39. The van der Waals surface area contributed by atoms with Crippen molar-refractivity contribution in [1.82, 2.24) is 9.36 Å². The third kappa shape index (κ3) is 1.42. The Morgan fingerprint density at radius 1 is 1.27 bits per heavy atom.